The van der Waals surface area contributed by atoms with Crippen LogP contribution in [-0.2, 0) is 0 Å². The molecule has 6 nitrogen and oxygen atoms in total. The Labute approximate surface area is 161 Å². The second-order valence-electron chi connectivity index (χ2n) is 6.74. The molecule has 0 spiro atoms. The lowest BCUT2D eigenvalue weighted by molar-refractivity contribution is 0.0664. The van der Waals surface area contributed by atoms with Crippen LogP contribution in [-0.4, -0.2) is 59.8 Å². The minimum atomic E-state index is -0.446. The van der Waals surface area contributed by atoms with Crippen molar-refractivity contribution in [2.24, 2.45) is 5.73 Å². The van der Waals surface area contributed by atoms with Gasteiger partial charge in [-0.25, -0.2) is 4.98 Å². The van der Waals surface area contributed by atoms with Crippen LogP contribution in [0.4, 0.5) is 0 Å². The molecule has 0 atom stereocenters. The van der Waals surface area contributed by atoms with Gasteiger partial charge in [-0.3, -0.25) is 9.59 Å². The molecule has 27 heavy (non-hydrogen) atoms. The van der Waals surface area contributed by atoms with Crippen LogP contribution in [0.5, 0.6) is 0 Å². The first-order valence-electron chi connectivity index (χ1n) is 8.80. The fourth-order valence-corrected chi connectivity index (χ4v) is 4.16. The van der Waals surface area contributed by atoms with Crippen molar-refractivity contribution in [1.29, 1.82) is 0 Å². The summed E-state index contributed by atoms with van der Waals surface area (Å²) in [5, 5.41) is 0.852. The van der Waals surface area contributed by atoms with Gasteiger partial charge in [-0.05, 0) is 37.4 Å². The molecule has 1 aromatic heterocycles. The van der Waals surface area contributed by atoms with Crippen molar-refractivity contribution < 1.29 is 9.59 Å². The van der Waals surface area contributed by atoms with Gasteiger partial charge < -0.3 is 15.5 Å². The van der Waals surface area contributed by atoms with Crippen LogP contribution >= 0.6 is 11.3 Å². The van der Waals surface area contributed by atoms with Gasteiger partial charge >= 0.3 is 0 Å². The number of benzene rings is 2. The van der Waals surface area contributed by atoms with Crippen LogP contribution in [0.1, 0.15) is 20.7 Å². The van der Waals surface area contributed by atoms with Gasteiger partial charge in [-0.2, -0.15) is 0 Å². The third-order valence-electron chi connectivity index (χ3n) is 4.84. The van der Waals surface area contributed by atoms with Crippen LogP contribution in [0.25, 0.3) is 20.8 Å². The first-order chi connectivity index (χ1) is 13.0. The van der Waals surface area contributed by atoms with Gasteiger partial charge in [-0.1, -0.05) is 12.1 Å². The molecule has 3 aromatic rings. The third-order valence-corrected chi connectivity index (χ3v) is 5.91. The highest BCUT2D eigenvalue weighted by atomic mass is 32.1. The number of nitrogens with two attached hydrogens (primary N) is 1. The highest BCUT2D eigenvalue weighted by Crippen LogP contribution is 2.31. The highest BCUT2D eigenvalue weighted by Gasteiger charge is 2.20. The number of hydrogen-bond donors (Lipinski definition) is 1. The molecule has 2 amide bonds. The SMILES string of the molecule is CN1CCN(C(=O)c2ccc(-c3nc4ccc(C(N)=O)cc4s3)cc2)CC1. The van der Waals surface area contributed by atoms with E-state index in [1.807, 2.05) is 29.2 Å². The molecule has 1 aliphatic heterocycles. The summed E-state index contributed by atoms with van der Waals surface area (Å²) in [6.07, 6.45) is 0. The molecule has 0 unspecified atom stereocenters. The van der Waals surface area contributed by atoms with Gasteiger partial charge in [0.05, 0.1) is 10.2 Å². The zero-order valence-electron chi connectivity index (χ0n) is 15.0. The number of carbonyl (C=O) groups is 2. The summed E-state index contributed by atoms with van der Waals surface area (Å²) in [4.78, 5) is 32.7. The smallest absolute Gasteiger partial charge is 0.253 e. The Balaban J connectivity index is 1.56. The van der Waals surface area contributed by atoms with Crippen LogP contribution in [0.2, 0.25) is 0 Å². The van der Waals surface area contributed by atoms with Gasteiger partial charge in [0.1, 0.15) is 5.01 Å². The number of likely N-dealkylation sites (N-methyl/N-ethyl adjacent to an activating group) is 1. The van der Waals surface area contributed by atoms with Crippen LogP contribution in [0.15, 0.2) is 42.5 Å². The zero-order chi connectivity index (χ0) is 19.0. The number of aromatic nitrogens is 1. The fourth-order valence-electron chi connectivity index (χ4n) is 3.15. The first kappa shape index (κ1) is 17.6. The first-order valence-corrected chi connectivity index (χ1v) is 9.61. The van der Waals surface area contributed by atoms with Crippen molar-refractivity contribution >= 4 is 33.4 Å². The standard InChI is InChI=1S/C20H20N4O2S/c1-23-8-10-24(11-9-23)20(26)14-4-2-13(3-5-14)19-22-16-7-6-15(18(21)25)12-17(16)27-19/h2-7,12H,8-11H2,1H3,(H2,21,25). The molecule has 0 bridgehead atoms. The minimum absolute atomic E-state index is 0.0741. The van der Waals surface area contributed by atoms with E-state index in [1.54, 1.807) is 18.2 Å². The molecule has 1 aliphatic rings. The summed E-state index contributed by atoms with van der Waals surface area (Å²) in [6.45, 7) is 3.33. The fraction of sp³-hybridized carbons (Fsp3) is 0.250. The second kappa shape index (κ2) is 7.09. The Morgan fingerprint density at radius 1 is 1.00 bits per heavy atom. The van der Waals surface area contributed by atoms with Gasteiger partial charge in [0.2, 0.25) is 5.91 Å². The number of piperazine rings is 1. The molecule has 2 N–H and O–H groups in total. The van der Waals surface area contributed by atoms with Gasteiger partial charge in [0, 0.05) is 42.9 Å². The molecule has 1 saturated heterocycles. The summed E-state index contributed by atoms with van der Waals surface area (Å²) < 4.78 is 0.916. The van der Waals surface area contributed by atoms with Crippen LogP contribution < -0.4 is 5.73 Å². The molecule has 2 aromatic carbocycles. The molecule has 4 rings (SSSR count). The Hall–Kier alpha value is -2.77. The number of carbonyl (C=O) groups excluding carboxylic acids is 2. The summed E-state index contributed by atoms with van der Waals surface area (Å²) in [5.41, 5.74) is 8.30. The van der Waals surface area contributed by atoms with Crippen LogP contribution in [0, 0.1) is 0 Å². The summed E-state index contributed by atoms with van der Waals surface area (Å²) in [5.74, 6) is -0.372. The Morgan fingerprint density at radius 2 is 1.67 bits per heavy atom. The van der Waals surface area contributed by atoms with Gasteiger partial charge in [-0.15, -0.1) is 11.3 Å². The van der Waals surface area contributed by atoms with Gasteiger partial charge in [0.15, 0.2) is 0 Å². The van der Waals surface area contributed by atoms with E-state index in [9.17, 15) is 9.59 Å². The quantitative estimate of drug-likeness (QED) is 0.757. The van der Waals surface area contributed by atoms with Gasteiger partial charge in [0.25, 0.3) is 5.91 Å². The van der Waals surface area contributed by atoms with E-state index in [4.69, 9.17) is 5.73 Å². The van der Waals surface area contributed by atoms with E-state index < -0.39 is 5.91 Å². The molecule has 0 saturated carbocycles. The topological polar surface area (TPSA) is 79.5 Å². The van der Waals surface area contributed by atoms with E-state index >= 15 is 0 Å². The normalized spacial score (nSPS) is 15.2. The van der Waals surface area contributed by atoms with Crippen molar-refractivity contribution in [3.63, 3.8) is 0 Å². The maximum atomic E-state index is 12.6. The number of hydrogen-bond acceptors (Lipinski definition) is 5. The largest absolute Gasteiger partial charge is 0.366 e. The van der Waals surface area contributed by atoms with Crippen molar-refractivity contribution in [2.45, 2.75) is 0 Å². The average molecular weight is 380 g/mol. The van der Waals surface area contributed by atoms with E-state index in [1.165, 1.54) is 11.3 Å². The molecule has 2 heterocycles. The van der Waals surface area contributed by atoms with E-state index in [0.29, 0.717) is 11.1 Å². The Bertz CT molecular complexity index is 1000. The number of rotatable bonds is 3. The predicted octanol–water partition coefficient (Wildman–Crippen LogP) is 2.45. The number of fused-ring (bicyclic) bond motifs is 1. The minimum Gasteiger partial charge on any atom is -0.366 e. The lowest BCUT2D eigenvalue weighted by atomic mass is 10.1. The monoisotopic (exact) mass is 380 g/mol. The Morgan fingerprint density at radius 3 is 2.33 bits per heavy atom. The second-order valence-corrected chi connectivity index (χ2v) is 7.77. The van der Waals surface area contributed by atoms with Crippen LogP contribution in [0.3, 0.4) is 0 Å². The number of primary amides is 1. The summed E-state index contributed by atoms with van der Waals surface area (Å²) >= 11 is 1.50. The lowest BCUT2D eigenvalue weighted by Crippen LogP contribution is -2.47. The molecular weight excluding hydrogens is 360 g/mol. The molecule has 138 valence electrons. The van der Waals surface area contributed by atoms with Crippen molar-refractivity contribution in [2.75, 3.05) is 33.2 Å². The van der Waals surface area contributed by atoms with Crippen molar-refractivity contribution in [3.8, 4) is 10.6 Å². The number of thiazole rings is 1. The van der Waals surface area contributed by atoms with Crippen molar-refractivity contribution in [3.05, 3.63) is 53.6 Å². The predicted molar refractivity (Wildman–Crippen MR) is 107 cm³/mol. The molecular formula is C20H20N4O2S. The molecule has 0 radical (unpaired) electrons. The number of nitrogens with zero attached hydrogens (tertiary/aromatic N) is 3. The lowest BCUT2D eigenvalue weighted by Gasteiger charge is -2.32. The zero-order valence-corrected chi connectivity index (χ0v) is 15.8. The molecule has 1 fully saturated rings. The average Bonchev–Trinajstić information content (AvgIpc) is 3.11. The Kier molecular flexibility index (Phi) is 4.63. The highest BCUT2D eigenvalue weighted by molar-refractivity contribution is 7.21. The number of amides is 2. The maximum absolute atomic E-state index is 12.6. The summed E-state index contributed by atoms with van der Waals surface area (Å²) in [7, 11) is 2.07. The van der Waals surface area contributed by atoms with E-state index in [-0.39, 0.29) is 5.91 Å². The third kappa shape index (κ3) is 3.56. The maximum Gasteiger partial charge on any atom is 0.253 e. The molecule has 7 heteroatoms. The van der Waals surface area contributed by atoms with E-state index in [2.05, 4.69) is 16.9 Å². The summed E-state index contributed by atoms with van der Waals surface area (Å²) in [6, 6.07) is 12.8. The van der Waals surface area contributed by atoms with E-state index in [0.717, 1.165) is 47.0 Å². The van der Waals surface area contributed by atoms with Crippen molar-refractivity contribution in [1.82, 2.24) is 14.8 Å². The molecule has 0 aliphatic carbocycles.